The maximum Gasteiger partial charge on any atom is 0.0148 e. The highest BCUT2D eigenvalue weighted by Crippen LogP contribution is 2.17. The van der Waals surface area contributed by atoms with Gasteiger partial charge in [0.05, 0.1) is 0 Å². The van der Waals surface area contributed by atoms with Crippen molar-refractivity contribution in [2.24, 2.45) is 0 Å². The van der Waals surface area contributed by atoms with Crippen LogP contribution >= 0.6 is 0 Å². The molecular weight excluding hydrogens is 218 g/mol. The number of aryl methyl sites for hydroxylation is 3. The monoisotopic (exact) mass is 235 g/mol. The van der Waals surface area contributed by atoms with Crippen LogP contribution in [-0.4, -0.2) is 4.98 Å². The van der Waals surface area contributed by atoms with Crippen molar-refractivity contribution in [1.29, 1.82) is 0 Å². The summed E-state index contributed by atoms with van der Waals surface area (Å²) in [6.07, 6.45) is 4.22. The van der Waals surface area contributed by atoms with E-state index in [0.29, 0.717) is 0 Å². The first kappa shape index (κ1) is 11.1. The molecule has 0 atom stereocenters. The van der Waals surface area contributed by atoms with Gasteiger partial charge in [-0.25, -0.2) is 0 Å². The molecule has 1 nitrogen and oxygen atoms in total. The number of hydrogen-bond acceptors (Lipinski definition) is 0. The number of fused-ring (bicyclic) bond motifs is 1. The molecule has 3 rings (SSSR count). The molecule has 1 N–H and O–H groups in total. The van der Waals surface area contributed by atoms with E-state index in [4.69, 9.17) is 0 Å². The molecule has 0 unspecified atom stereocenters. The van der Waals surface area contributed by atoms with Crippen molar-refractivity contribution in [3.05, 3.63) is 71.5 Å². The normalized spacial score (nSPS) is 10.9. The lowest BCUT2D eigenvalue weighted by Crippen LogP contribution is -1.92. The third-order valence-corrected chi connectivity index (χ3v) is 3.56. The Kier molecular flexibility index (Phi) is 2.89. The van der Waals surface area contributed by atoms with E-state index in [0.717, 1.165) is 12.8 Å². The molecule has 0 radical (unpaired) electrons. The fourth-order valence-corrected chi connectivity index (χ4v) is 2.43. The zero-order valence-corrected chi connectivity index (χ0v) is 10.6. The Labute approximate surface area is 107 Å². The summed E-state index contributed by atoms with van der Waals surface area (Å²) in [7, 11) is 0. The van der Waals surface area contributed by atoms with Crippen LogP contribution in [0.3, 0.4) is 0 Å². The van der Waals surface area contributed by atoms with Gasteiger partial charge in [0.15, 0.2) is 0 Å². The van der Waals surface area contributed by atoms with Crippen molar-refractivity contribution in [3.8, 4) is 0 Å². The second-order valence-electron chi connectivity index (χ2n) is 4.81. The average Bonchev–Trinajstić information content (AvgIpc) is 2.82. The summed E-state index contributed by atoms with van der Waals surface area (Å²) in [6.45, 7) is 2.13. The second kappa shape index (κ2) is 4.69. The van der Waals surface area contributed by atoms with Gasteiger partial charge < -0.3 is 4.98 Å². The molecule has 3 aromatic rings. The molecular formula is C17H17N. The van der Waals surface area contributed by atoms with Crippen LogP contribution in [0, 0.1) is 6.92 Å². The van der Waals surface area contributed by atoms with Gasteiger partial charge in [0.1, 0.15) is 0 Å². The lowest BCUT2D eigenvalue weighted by atomic mass is 10.0. The number of aromatic nitrogens is 1. The van der Waals surface area contributed by atoms with Crippen LogP contribution in [0.2, 0.25) is 0 Å². The maximum absolute atomic E-state index is 3.23. The Hall–Kier alpha value is -2.02. The first-order chi connectivity index (χ1) is 8.83. The quantitative estimate of drug-likeness (QED) is 0.698. The highest BCUT2D eigenvalue weighted by Gasteiger charge is 2.01. The molecule has 0 spiro atoms. The van der Waals surface area contributed by atoms with Gasteiger partial charge in [-0.1, -0.05) is 42.5 Å². The van der Waals surface area contributed by atoms with E-state index in [2.05, 4.69) is 60.4 Å². The maximum atomic E-state index is 3.23. The topological polar surface area (TPSA) is 15.8 Å². The smallest absolute Gasteiger partial charge is 0.0148 e. The Balaban J connectivity index is 1.81. The third kappa shape index (κ3) is 2.17. The van der Waals surface area contributed by atoms with Gasteiger partial charge in [-0.3, -0.25) is 0 Å². The molecule has 2 aromatic carbocycles. The molecule has 0 saturated heterocycles. The zero-order chi connectivity index (χ0) is 12.4. The van der Waals surface area contributed by atoms with E-state index in [1.54, 1.807) is 0 Å². The standard InChI is InChI=1S/C17H17N/c1-13-15(10-11-18-13)8-6-14-7-9-16-4-2-3-5-17(16)12-14/h2-5,7,9-12,18H,6,8H2,1H3. The van der Waals surface area contributed by atoms with E-state index in [1.165, 1.54) is 27.6 Å². The summed E-state index contributed by atoms with van der Waals surface area (Å²) in [4.78, 5) is 3.23. The van der Waals surface area contributed by atoms with Gasteiger partial charge in [-0.05, 0) is 47.7 Å². The van der Waals surface area contributed by atoms with E-state index < -0.39 is 0 Å². The van der Waals surface area contributed by atoms with Crippen LogP contribution in [0.5, 0.6) is 0 Å². The molecule has 0 saturated carbocycles. The van der Waals surface area contributed by atoms with Crippen molar-refractivity contribution >= 4 is 10.8 Å². The van der Waals surface area contributed by atoms with Crippen LogP contribution < -0.4 is 0 Å². The fourth-order valence-electron chi connectivity index (χ4n) is 2.43. The van der Waals surface area contributed by atoms with Crippen LogP contribution in [0.4, 0.5) is 0 Å². The minimum absolute atomic E-state index is 1.10. The third-order valence-electron chi connectivity index (χ3n) is 3.56. The molecule has 0 amide bonds. The van der Waals surface area contributed by atoms with Crippen LogP contribution in [0.25, 0.3) is 10.8 Å². The first-order valence-electron chi connectivity index (χ1n) is 6.43. The molecule has 1 aromatic heterocycles. The molecule has 1 heterocycles. The molecule has 0 fully saturated rings. The molecule has 1 heteroatoms. The number of hydrogen-bond donors (Lipinski definition) is 1. The summed E-state index contributed by atoms with van der Waals surface area (Å²) in [5, 5.41) is 2.65. The van der Waals surface area contributed by atoms with Crippen molar-refractivity contribution in [1.82, 2.24) is 4.98 Å². The summed E-state index contributed by atoms with van der Waals surface area (Å²) < 4.78 is 0. The number of H-pyrrole nitrogens is 1. The highest BCUT2D eigenvalue weighted by molar-refractivity contribution is 5.82. The van der Waals surface area contributed by atoms with Crippen molar-refractivity contribution in [3.63, 3.8) is 0 Å². The second-order valence-corrected chi connectivity index (χ2v) is 4.81. The Morgan fingerprint density at radius 3 is 2.50 bits per heavy atom. The van der Waals surface area contributed by atoms with Gasteiger partial charge >= 0.3 is 0 Å². The Morgan fingerprint density at radius 1 is 0.889 bits per heavy atom. The highest BCUT2D eigenvalue weighted by atomic mass is 14.7. The Morgan fingerprint density at radius 2 is 1.72 bits per heavy atom. The lowest BCUT2D eigenvalue weighted by Gasteiger charge is -2.04. The van der Waals surface area contributed by atoms with E-state index in [9.17, 15) is 0 Å². The summed E-state index contributed by atoms with van der Waals surface area (Å²) in [5.41, 5.74) is 4.12. The average molecular weight is 235 g/mol. The van der Waals surface area contributed by atoms with Crippen molar-refractivity contribution < 1.29 is 0 Å². The Bertz CT molecular complexity index is 664. The molecule has 0 aliphatic heterocycles. The molecule has 0 aliphatic carbocycles. The minimum atomic E-state index is 1.10. The van der Waals surface area contributed by atoms with E-state index in [-0.39, 0.29) is 0 Å². The largest absolute Gasteiger partial charge is 0.365 e. The van der Waals surface area contributed by atoms with Crippen LogP contribution in [0.1, 0.15) is 16.8 Å². The summed E-state index contributed by atoms with van der Waals surface area (Å²) in [5.74, 6) is 0. The molecule has 90 valence electrons. The predicted octanol–water partition coefficient (Wildman–Crippen LogP) is 4.26. The van der Waals surface area contributed by atoms with E-state index in [1.807, 2.05) is 6.20 Å². The van der Waals surface area contributed by atoms with Gasteiger partial charge in [-0.2, -0.15) is 0 Å². The fraction of sp³-hybridized carbons (Fsp3) is 0.176. The van der Waals surface area contributed by atoms with Gasteiger partial charge in [0, 0.05) is 11.9 Å². The zero-order valence-electron chi connectivity index (χ0n) is 10.6. The lowest BCUT2D eigenvalue weighted by molar-refractivity contribution is 0.950. The number of aromatic amines is 1. The molecule has 18 heavy (non-hydrogen) atoms. The van der Waals surface area contributed by atoms with Gasteiger partial charge in [-0.15, -0.1) is 0 Å². The number of rotatable bonds is 3. The van der Waals surface area contributed by atoms with Crippen LogP contribution in [-0.2, 0) is 12.8 Å². The summed E-state index contributed by atoms with van der Waals surface area (Å²) in [6, 6.07) is 17.5. The van der Waals surface area contributed by atoms with Crippen molar-refractivity contribution in [2.75, 3.05) is 0 Å². The predicted molar refractivity (Wildman–Crippen MR) is 76.9 cm³/mol. The number of nitrogens with one attached hydrogen (secondary N) is 1. The summed E-state index contributed by atoms with van der Waals surface area (Å²) >= 11 is 0. The van der Waals surface area contributed by atoms with Crippen LogP contribution in [0.15, 0.2) is 54.7 Å². The molecule has 0 aliphatic rings. The first-order valence-corrected chi connectivity index (χ1v) is 6.43. The van der Waals surface area contributed by atoms with Gasteiger partial charge in [0.2, 0.25) is 0 Å². The number of benzene rings is 2. The van der Waals surface area contributed by atoms with Crippen molar-refractivity contribution in [2.45, 2.75) is 19.8 Å². The minimum Gasteiger partial charge on any atom is -0.365 e. The molecule has 0 bridgehead atoms. The SMILES string of the molecule is Cc1[nH]ccc1CCc1ccc2ccccc2c1. The van der Waals surface area contributed by atoms with Gasteiger partial charge in [0.25, 0.3) is 0 Å². The van der Waals surface area contributed by atoms with E-state index >= 15 is 0 Å².